The van der Waals surface area contributed by atoms with E-state index in [4.69, 9.17) is 9.47 Å². The molecule has 0 saturated heterocycles. The van der Waals surface area contributed by atoms with Gasteiger partial charge in [0.25, 0.3) is 0 Å². The molecule has 0 bridgehead atoms. The molecule has 0 aliphatic heterocycles. The van der Waals surface area contributed by atoms with Gasteiger partial charge in [0.1, 0.15) is 12.0 Å². The van der Waals surface area contributed by atoms with E-state index in [0.29, 0.717) is 12.8 Å². The SMILES string of the molecule is CCOC(=O)CN(Cc1ccccc1)C(=O)C1(C(=O)OCC)CC1. The van der Waals surface area contributed by atoms with Crippen molar-refractivity contribution in [3.8, 4) is 0 Å². The van der Waals surface area contributed by atoms with E-state index in [9.17, 15) is 14.4 Å². The Morgan fingerprint density at radius 1 is 1.04 bits per heavy atom. The molecule has 1 amide bonds. The highest BCUT2D eigenvalue weighted by atomic mass is 16.5. The maximum Gasteiger partial charge on any atom is 0.325 e. The fourth-order valence-electron chi connectivity index (χ4n) is 2.57. The van der Waals surface area contributed by atoms with Crippen molar-refractivity contribution >= 4 is 17.8 Å². The second kappa shape index (κ2) is 7.95. The Bertz CT molecular complexity index is 595. The quantitative estimate of drug-likeness (QED) is 0.537. The third-order valence-electron chi connectivity index (χ3n) is 3.95. The summed E-state index contributed by atoms with van der Waals surface area (Å²) in [6.45, 7) is 3.96. The summed E-state index contributed by atoms with van der Waals surface area (Å²) in [5.41, 5.74) is -0.244. The summed E-state index contributed by atoms with van der Waals surface area (Å²) in [4.78, 5) is 38.3. The third-order valence-corrected chi connectivity index (χ3v) is 3.95. The van der Waals surface area contributed by atoms with Crippen LogP contribution in [0.3, 0.4) is 0 Å². The summed E-state index contributed by atoms with van der Waals surface area (Å²) in [5, 5.41) is 0. The lowest BCUT2D eigenvalue weighted by Crippen LogP contribution is -2.44. The van der Waals surface area contributed by atoms with Crippen LogP contribution in [0.5, 0.6) is 0 Å². The predicted octanol–water partition coefficient (Wildman–Crippen LogP) is 1.92. The van der Waals surface area contributed by atoms with Gasteiger partial charge in [-0.2, -0.15) is 0 Å². The lowest BCUT2D eigenvalue weighted by Gasteiger charge is -2.25. The van der Waals surface area contributed by atoms with E-state index in [2.05, 4.69) is 0 Å². The van der Waals surface area contributed by atoms with E-state index in [0.717, 1.165) is 5.56 Å². The Balaban J connectivity index is 2.16. The third kappa shape index (κ3) is 4.13. The summed E-state index contributed by atoms with van der Waals surface area (Å²) in [7, 11) is 0. The first-order valence-electron chi connectivity index (χ1n) is 8.19. The van der Waals surface area contributed by atoms with E-state index in [-0.39, 0.29) is 32.2 Å². The van der Waals surface area contributed by atoms with Crippen LogP contribution in [-0.2, 0) is 30.4 Å². The van der Waals surface area contributed by atoms with Gasteiger partial charge in [-0.3, -0.25) is 14.4 Å². The maximum atomic E-state index is 12.9. The number of esters is 2. The molecule has 6 nitrogen and oxygen atoms in total. The number of hydrogen-bond donors (Lipinski definition) is 0. The van der Waals surface area contributed by atoms with Gasteiger partial charge in [-0.25, -0.2) is 0 Å². The monoisotopic (exact) mass is 333 g/mol. The molecule has 1 fully saturated rings. The number of amides is 1. The molecule has 1 aromatic rings. The van der Waals surface area contributed by atoms with Crippen LogP contribution in [0.2, 0.25) is 0 Å². The van der Waals surface area contributed by atoms with Crippen molar-refractivity contribution in [2.75, 3.05) is 19.8 Å². The first-order valence-corrected chi connectivity index (χ1v) is 8.19. The first-order chi connectivity index (χ1) is 11.5. The zero-order valence-corrected chi connectivity index (χ0v) is 14.1. The number of carbonyl (C=O) groups is 3. The molecule has 0 spiro atoms. The van der Waals surface area contributed by atoms with Gasteiger partial charge >= 0.3 is 11.9 Å². The van der Waals surface area contributed by atoms with Gasteiger partial charge in [-0.05, 0) is 32.3 Å². The molecule has 1 aliphatic carbocycles. The second-order valence-corrected chi connectivity index (χ2v) is 5.75. The molecule has 1 aromatic carbocycles. The van der Waals surface area contributed by atoms with Crippen LogP contribution >= 0.6 is 0 Å². The van der Waals surface area contributed by atoms with Crippen molar-refractivity contribution < 1.29 is 23.9 Å². The fourth-order valence-corrected chi connectivity index (χ4v) is 2.57. The number of carbonyl (C=O) groups excluding carboxylic acids is 3. The summed E-state index contributed by atoms with van der Waals surface area (Å²) < 4.78 is 9.99. The van der Waals surface area contributed by atoms with Crippen molar-refractivity contribution in [2.45, 2.75) is 33.2 Å². The molecule has 2 rings (SSSR count). The molecule has 0 heterocycles. The molecule has 0 aromatic heterocycles. The lowest BCUT2D eigenvalue weighted by atomic mass is 10.0. The van der Waals surface area contributed by atoms with Crippen LogP contribution in [-0.4, -0.2) is 42.5 Å². The molecule has 0 unspecified atom stereocenters. The van der Waals surface area contributed by atoms with Gasteiger partial charge in [0.15, 0.2) is 0 Å². The average molecular weight is 333 g/mol. The van der Waals surface area contributed by atoms with E-state index in [1.165, 1.54) is 4.90 Å². The van der Waals surface area contributed by atoms with Crippen LogP contribution in [0.25, 0.3) is 0 Å². The summed E-state index contributed by atoms with van der Waals surface area (Å²) in [6.07, 6.45) is 0.914. The Kier molecular flexibility index (Phi) is 5.95. The first kappa shape index (κ1) is 18.0. The minimum absolute atomic E-state index is 0.178. The average Bonchev–Trinajstić information content (AvgIpc) is 3.37. The molecule has 130 valence electrons. The van der Waals surface area contributed by atoms with Gasteiger partial charge in [-0.1, -0.05) is 30.3 Å². The fraction of sp³-hybridized carbons (Fsp3) is 0.500. The second-order valence-electron chi connectivity index (χ2n) is 5.75. The Morgan fingerprint density at radius 3 is 2.21 bits per heavy atom. The molecule has 0 radical (unpaired) electrons. The minimum atomic E-state index is -1.13. The topological polar surface area (TPSA) is 72.9 Å². The van der Waals surface area contributed by atoms with Crippen molar-refractivity contribution in [2.24, 2.45) is 5.41 Å². The molecular formula is C18H23NO5. The molecular weight excluding hydrogens is 310 g/mol. The summed E-state index contributed by atoms with van der Waals surface area (Å²) in [6, 6.07) is 9.34. The van der Waals surface area contributed by atoms with Crippen LogP contribution in [0.1, 0.15) is 32.3 Å². The van der Waals surface area contributed by atoms with Gasteiger partial charge < -0.3 is 14.4 Å². The van der Waals surface area contributed by atoms with E-state index >= 15 is 0 Å². The van der Waals surface area contributed by atoms with Crippen LogP contribution in [0, 0.1) is 5.41 Å². The van der Waals surface area contributed by atoms with E-state index < -0.39 is 17.4 Å². The maximum absolute atomic E-state index is 12.9. The summed E-state index contributed by atoms with van der Waals surface area (Å²) in [5.74, 6) is -1.35. The Labute approximate surface area is 141 Å². The smallest absolute Gasteiger partial charge is 0.325 e. The van der Waals surface area contributed by atoms with Crippen molar-refractivity contribution in [3.05, 3.63) is 35.9 Å². The van der Waals surface area contributed by atoms with Gasteiger partial charge in [0.05, 0.1) is 13.2 Å². The van der Waals surface area contributed by atoms with Crippen LogP contribution in [0.4, 0.5) is 0 Å². The number of ether oxygens (including phenoxy) is 2. The largest absolute Gasteiger partial charge is 0.465 e. The van der Waals surface area contributed by atoms with E-state index in [1.807, 2.05) is 30.3 Å². The standard InChI is InChI=1S/C18H23NO5/c1-3-23-15(20)13-19(12-14-8-6-5-7-9-14)16(21)18(10-11-18)17(22)24-4-2/h5-9H,3-4,10-13H2,1-2H3. The van der Waals surface area contributed by atoms with Crippen molar-refractivity contribution in [3.63, 3.8) is 0 Å². The highest BCUT2D eigenvalue weighted by Crippen LogP contribution is 2.48. The number of rotatable bonds is 8. The molecule has 24 heavy (non-hydrogen) atoms. The highest BCUT2D eigenvalue weighted by molar-refractivity contribution is 6.06. The minimum Gasteiger partial charge on any atom is -0.465 e. The van der Waals surface area contributed by atoms with Gasteiger partial charge in [0, 0.05) is 6.54 Å². The molecule has 6 heteroatoms. The number of benzene rings is 1. The normalized spacial score (nSPS) is 14.6. The van der Waals surface area contributed by atoms with Crippen LogP contribution in [0.15, 0.2) is 30.3 Å². The molecule has 0 N–H and O–H groups in total. The lowest BCUT2D eigenvalue weighted by molar-refractivity contribution is -0.161. The molecule has 1 saturated carbocycles. The molecule has 1 aliphatic rings. The zero-order chi connectivity index (χ0) is 17.6. The van der Waals surface area contributed by atoms with E-state index in [1.54, 1.807) is 13.8 Å². The molecule has 0 atom stereocenters. The van der Waals surface area contributed by atoms with Crippen molar-refractivity contribution in [1.29, 1.82) is 0 Å². The highest BCUT2D eigenvalue weighted by Gasteiger charge is 2.59. The van der Waals surface area contributed by atoms with Gasteiger partial charge in [-0.15, -0.1) is 0 Å². The number of hydrogen-bond acceptors (Lipinski definition) is 5. The van der Waals surface area contributed by atoms with Crippen LogP contribution < -0.4 is 0 Å². The number of nitrogens with zero attached hydrogens (tertiary/aromatic N) is 1. The summed E-state index contributed by atoms with van der Waals surface area (Å²) >= 11 is 0. The Hall–Kier alpha value is -2.37. The Morgan fingerprint density at radius 2 is 1.67 bits per heavy atom. The van der Waals surface area contributed by atoms with Gasteiger partial charge in [0.2, 0.25) is 5.91 Å². The zero-order valence-electron chi connectivity index (χ0n) is 14.1. The predicted molar refractivity (Wildman–Crippen MR) is 86.8 cm³/mol. The van der Waals surface area contributed by atoms with Crippen molar-refractivity contribution in [1.82, 2.24) is 4.90 Å².